The molecule has 0 aliphatic rings. The Hall–Kier alpha value is -7.15. The van der Waals surface area contributed by atoms with Gasteiger partial charge in [-0.2, -0.15) is 0 Å². The van der Waals surface area contributed by atoms with E-state index in [0.29, 0.717) is 17.5 Å². The van der Waals surface area contributed by atoms with Crippen LogP contribution in [0.1, 0.15) is 0 Å². The van der Waals surface area contributed by atoms with Crippen molar-refractivity contribution in [2.75, 3.05) is 0 Å². The molecule has 0 saturated heterocycles. The predicted octanol–water partition coefficient (Wildman–Crippen LogP) is 13.4. The topological polar surface area (TPSA) is 56.7 Å². The number of benzene rings is 8. The largest absolute Gasteiger partial charge is 0.456 e. The Morgan fingerprint density at radius 3 is 1.95 bits per heavy atom. The third-order valence-electron chi connectivity index (χ3n) is 10.8. The van der Waals surface area contributed by atoms with Gasteiger partial charge in [-0.15, -0.1) is 11.3 Å². The number of rotatable bonds is 4. The molecular weight excluding hydrogens is 693 g/mol. The van der Waals surface area contributed by atoms with Crippen molar-refractivity contribution in [2.24, 2.45) is 0 Å². The van der Waals surface area contributed by atoms with Crippen LogP contribution >= 0.6 is 11.3 Å². The lowest BCUT2D eigenvalue weighted by atomic mass is 10.0. The molecule has 4 aromatic heterocycles. The molecule has 5 nitrogen and oxygen atoms in total. The maximum atomic E-state index is 6.57. The lowest BCUT2D eigenvalue weighted by molar-refractivity contribution is 0.668. The van der Waals surface area contributed by atoms with Gasteiger partial charge in [0.25, 0.3) is 0 Å². The van der Waals surface area contributed by atoms with E-state index < -0.39 is 0 Å². The van der Waals surface area contributed by atoms with Gasteiger partial charge in [-0.25, -0.2) is 15.0 Å². The second-order valence-corrected chi connectivity index (χ2v) is 15.1. The second-order valence-electron chi connectivity index (χ2n) is 14.0. The predicted molar refractivity (Wildman–Crippen MR) is 228 cm³/mol. The average Bonchev–Trinajstić information content (AvgIpc) is 3.91. The van der Waals surface area contributed by atoms with E-state index >= 15 is 0 Å². The summed E-state index contributed by atoms with van der Waals surface area (Å²) < 4.78 is 11.4. The summed E-state index contributed by atoms with van der Waals surface area (Å²) in [5.41, 5.74) is 7.53. The van der Waals surface area contributed by atoms with E-state index in [1.807, 2.05) is 30.3 Å². The average molecular weight is 721 g/mol. The fourth-order valence-electron chi connectivity index (χ4n) is 8.25. The Kier molecular flexibility index (Phi) is 6.44. The van der Waals surface area contributed by atoms with Gasteiger partial charge in [0, 0.05) is 64.5 Å². The van der Waals surface area contributed by atoms with E-state index in [4.69, 9.17) is 19.4 Å². The number of fused-ring (bicyclic) bond motifs is 10. The first-order valence-electron chi connectivity index (χ1n) is 18.3. The summed E-state index contributed by atoms with van der Waals surface area (Å²) in [4.78, 5) is 15.8. The molecule has 0 unspecified atom stereocenters. The van der Waals surface area contributed by atoms with Crippen LogP contribution in [0.15, 0.2) is 174 Å². The van der Waals surface area contributed by atoms with E-state index in [-0.39, 0.29) is 0 Å². The molecule has 0 N–H and O–H groups in total. The molecule has 8 aromatic carbocycles. The number of aromatic nitrogens is 4. The molecule has 55 heavy (non-hydrogen) atoms. The number of hydrogen-bond donors (Lipinski definition) is 0. The van der Waals surface area contributed by atoms with Crippen LogP contribution in [0, 0.1) is 0 Å². The van der Waals surface area contributed by atoms with E-state index in [1.54, 1.807) is 11.3 Å². The first-order valence-corrected chi connectivity index (χ1v) is 19.2. The molecule has 0 fully saturated rings. The highest BCUT2D eigenvalue weighted by Crippen LogP contribution is 2.42. The highest BCUT2D eigenvalue weighted by Gasteiger charge is 2.23. The zero-order valence-corrected chi connectivity index (χ0v) is 30.1. The maximum Gasteiger partial charge on any atom is 0.166 e. The molecule has 0 radical (unpaired) electrons. The summed E-state index contributed by atoms with van der Waals surface area (Å²) in [6.07, 6.45) is 0. The van der Waals surface area contributed by atoms with Gasteiger partial charge in [0.05, 0.1) is 16.7 Å². The Morgan fingerprint density at radius 1 is 0.400 bits per heavy atom. The standard InChI is InChI=1S/C49H28N4OS/c1-2-12-29(13-3-1)47-50-48(32-22-23-46-38(25-32)35-18-8-11-21-45(35)55-46)52-49(51-47)39-27-37-34-17-7-10-20-43(34)54-44(37)28-42(39)53-40-19-9-6-16-33(40)36-24-30-14-4-5-15-31(30)26-41(36)53/h1-28H. The highest BCUT2D eigenvalue weighted by molar-refractivity contribution is 7.25. The summed E-state index contributed by atoms with van der Waals surface area (Å²) in [5.74, 6) is 1.83. The van der Waals surface area contributed by atoms with Crippen LogP contribution in [-0.2, 0) is 0 Å². The third-order valence-corrected chi connectivity index (χ3v) is 12.0. The molecule has 12 aromatic rings. The van der Waals surface area contributed by atoms with Crippen molar-refractivity contribution < 1.29 is 4.42 Å². The SMILES string of the molecule is c1ccc(-c2nc(-c3ccc4sc5ccccc5c4c3)nc(-c3cc4c(cc3-n3c5ccccc5c5cc6ccccc6cc53)oc3ccccc34)n2)cc1. The summed E-state index contributed by atoms with van der Waals surface area (Å²) in [7, 11) is 0. The van der Waals surface area contributed by atoms with Gasteiger partial charge in [0.2, 0.25) is 0 Å². The zero-order valence-electron chi connectivity index (χ0n) is 29.3. The minimum absolute atomic E-state index is 0.591. The molecule has 6 heteroatoms. The maximum absolute atomic E-state index is 6.57. The molecule has 0 aliphatic carbocycles. The minimum atomic E-state index is 0.591. The van der Waals surface area contributed by atoms with Crippen molar-refractivity contribution in [1.82, 2.24) is 19.5 Å². The van der Waals surface area contributed by atoms with Gasteiger partial charge in [-0.3, -0.25) is 0 Å². The first kappa shape index (κ1) is 30.3. The van der Waals surface area contributed by atoms with Gasteiger partial charge in [-0.1, -0.05) is 109 Å². The molecule has 0 amide bonds. The van der Waals surface area contributed by atoms with Crippen molar-refractivity contribution in [3.63, 3.8) is 0 Å². The van der Waals surface area contributed by atoms with Crippen LogP contribution in [0.5, 0.6) is 0 Å². The zero-order chi connectivity index (χ0) is 36.0. The smallest absolute Gasteiger partial charge is 0.166 e. The normalized spacial score (nSPS) is 12.0. The van der Waals surface area contributed by atoms with Crippen molar-refractivity contribution in [3.8, 4) is 39.9 Å². The van der Waals surface area contributed by atoms with Crippen molar-refractivity contribution in [3.05, 3.63) is 170 Å². The molecule has 12 rings (SSSR count). The van der Waals surface area contributed by atoms with Crippen molar-refractivity contribution >= 4 is 86.0 Å². The van der Waals surface area contributed by atoms with Crippen LogP contribution < -0.4 is 0 Å². The van der Waals surface area contributed by atoms with E-state index in [0.717, 1.165) is 55.3 Å². The van der Waals surface area contributed by atoms with Crippen molar-refractivity contribution in [1.29, 1.82) is 0 Å². The van der Waals surface area contributed by atoms with E-state index in [1.165, 1.54) is 41.7 Å². The monoisotopic (exact) mass is 720 g/mol. The summed E-state index contributed by atoms with van der Waals surface area (Å²) in [6.45, 7) is 0. The Balaban J connectivity index is 1.19. The third kappa shape index (κ3) is 4.68. The molecule has 0 bridgehead atoms. The Bertz CT molecular complexity index is 3500. The van der Waals surface area contributed by atoms with E-state index in [9.17, 15) is 0 Å². The van der Waals surface area contributed by atoms with Crippen LogP contribution in [0.4, 0.5) is 0 Å². The lowest BCUT2D eigenvalue weighted by Gasteiger charge is -2.15. The highest BCUT2D eigenvalue weighted by atomic mass is 32.1. The van der Waals surface area contributed by atoms with Gasteiger partial charge >= 0.3 is 0 Å². The van der Waals surface area contributed by atoms with Crippen LogP contribution in [0.25, 0.3) is 115 Å². The Labute approximate surface area is 318 Å². The summed E-state index contributed by atoms with van der Waals surface area (Å²) >= 11 is 1.81. The van der Waals surface area contributed by atoms with E-state index in [2.05, 4.69) is 144 Å². The summed E-state index contributed by atoms with van der Waals surface area (Å²) in [5, 5.41) is 9.23. The molecule has 0 aliphatic heterocycles. The molecular formula is C49H28N4OS. The number of hydrogen-bond acceptors (Lipinski definition) is 5. The van der Waals surface area contributed by atoms with Crippen LogP contribution in [0.2, 0.25) is 0 Å². The first-order chi connectivity index (χ1) is 27.2. The van der Waals surface area contributed by atoms with Gasteiger partial charge in [0.1, 0.15) is 11.2 Å². The lowest BCUT2D eigenvalue weighted by Crippen LogP contribution is -2.04. The van der Waals surface area contributed by atoms with Crippen LogP contribution in [-0.4, -0.2) is 19.5 Å². The quantitative estimate of drug-likeness (QED) is 0.182. The number of para-hydroxylation sites is 2. The van der Waals surface area contributed by atoms with Gasteiger partial charge in [-0.05, 0) is 65.4 Å². The Morgan fingerprint density at radius 2 is 1.07 bits per heavy atom. The fraction of sp³-hybridized carbons (Fsp3) is 0. The minimum Gasteiger partial charge on any atom is -0.456 e. The second kappa shape index (κ2) is 11.7. The van der Waals surface area contributed by atoms with Crippen LogP contribution in [0.3, 0.4) is 0 Å². The molecule has 0 saturated carbocycles. The fourth-order valence-corrected chi connectivity index (χ4v) is 9.33. The summed E-state index contributed by atoms with van der Waals surface area (Å²) in [6, 6.07) is 59.7. The molecule has 4 heterocycles. The number of nitrogens with zero attached hydrogens (tertiary/aromatic N) is 4. The molecule has 0 spiro atoms. The number of furan rings is 1. The van der Waals surface area contributed by atoms with Gasteiger partial charge in [0.15, 0.2) is 17.5 Å². The van der Waals surface area contributed by atoms with Crippen molar-refractivity contribution in [2.45, 2.75) is 0 Å². The van der Waals surface area contributed by atoms with Gasteiger partial charge < -0.3 is 8.98 Å². The molecule has 256 valence electrons. The molecule has 0 atom stereocenters. The number of thiophene rings is 1.